The fraction of sp³-hybridized carbons (Fsp3) is 0.760. The van der Waals surface area contributed by atoms with E-state index in [-0.39, 0.29) is 0 Å². The molecule has 2 aromatic rings. The zero-order chi connectivity index (χ0) is 22.6. The second-order valence-corrected chi connectivity index (χ2v) is 11.3. The number of carbonyl (C=O) groups excluding carboxylic acids is 1. The van der Waals surface area contributed by atoms with E-state index in [0.29, 0.717) is 35.3 Å². The summed E-state index contributed by atoms with van der Waals surface area (Å²) in [7, 11) is 0. The van der Waals surface area contributed by atoms with Gasteiger partial charge in [0.25, 0.3) is 5.89 Å². The fourth-order valence-corrected chi connectivity index (χ4v) is 7.73. The largest absolute Gasteiger partial charge is 0.361 e. The van der Waals surface area contributed by atoms with Gasteiger partial charge in [0.2, 0.25) is 5.91 Å². The molecule has 4 aliphatic carbocycles. The van der Waals surface area contributed by atoms with Crippen molar-refractivity contribution in [2.45, 2.75) is 71.8 Å². The number of carbonyl (C=O) groups is 1. The van der Waals surface area contributed by atoms with Gasteiger partial charge in [0.15, 0.2) is 5.82 Å². The predicted octanol–water partition coefficient (Wildman–Crippen LogP) is 3.98. The zero-order valence-corrected chi connectivity index (χ0v) is 19.9. The van der Waals surface area contributed by atoms with Crippen molar-refractivity contribution in [3.8, 4) is 11.5 Å². The van der Waals surface area contributed by atoms with E-state index >= 15 is 0 Å². The predicted molar refractivity (Wildman–Crippen MR) is 121 cm³/mol. The van der Waals surface area contributed by atoms with Crippen molar-refractivity contribution in [1.29, 1.82) is 0 Å². The van der Waals surface area contributed by atoms with Crippen molar-refractivity contribution >= 4 is 5.91 Å². The number of rotatable bonds is 5. The molecule has 4 saturated carbocycles. The number of aromatic nitrogens is 3. The van der Waals surface area contributed by atoms with Gasteiger partial charge in [-0.25, -0.2) is 0 Å². The van der Waals surface area contributed by atoms with Crippen LogP contribution in [0, 0.1) is 37.0 Å². The Kier molecular flexibility index (Phi) is 5.31. The Balaban J connectivity index is 1.05. The molecule has 0 spiro atoms. The van der Waals surface area contributed by atoms with Crippen LogP contribution in [0.4, 0.5) is 0 Å². The number of hydrogen-bond acceptors (Lipinski definition) is 7. The van der Waals surface area contributed by atoms with E-state index in [4.69, 9.17) is 9.05 Å². The Labute approximate surface area is 195 Å². The van der Waals surface area contributed by atoms with Gasteiger partial charge >= 0.3 is 0 Å². The summed E-state index contributed by atoms with van der Waals surface area (Å²) < 4.78 is 10.7. The lowest BCUT2D eigenvalue weighted by molar-refractivity contribution is -0.139. The minimum Gasteiger partial charge on any atom is -0.361 e. The molecule has 2 aromatic heterocycles. The quantitative estimate of drug-likeness (QED) is 0.676. The van der Waals surface area contributed by atoms with Crippen molar-refractivity contribution in [1.82, 2.24) is 25.1 Å². The average Bonchev–Trinajstić information content (AvgIpc) is 3.24. The maximum Gasteiger partial charge on any atom is 0.263 e. The van der Waals surface area contributed by atoms with Crippen molar-refractivity contribution in [3.05, 3.63) is 17.3 Å². The lowest BCUT2D eigenvalue weighted by Gasteiger charge is -2.57. The van der Waals surface area contributed by atoms with Gasteiger partial charge in [-0.2, -0.15) is 4.98 Å². The van der Waals surface area contributed by atoms with E-state index < -0.39 is 0 Å². The van der Waals surface area contributed by atoms with E-state index in [1.807, 2.05) is 13.8 Å². The Morgan fingerprint density at radius 3 is 2.36 bits per heavy atom. The van der Waals surface area contributed by atoms with Gasteiger partial charge in [-0.15, -0.1) is 0 Å². The summed E-state index contributed by atoms with van der Waals surface area (Å²) in [6, 6.07) is 0. The first-order chi connectivity index (χ1) is 16.0. The standard InChI is InChI=1S/C25H35N5O3/c1-16-23(17(2)32-27-16)24-26-21(28-33-24)15-29-4-3-5-30(7-6-29)22(31)14-25-11-18-8-19(12-25)10-20(9-18)13-25/h18-20H,3-15H2,1-2H3. The van der Waals surface area contributed by atoms with Crippen LogP contribution >= 0.6 is 0 Å². The summed E-state index contributed by atoms with van der Waals surface area (Å²) in [5.41, 5.74) is 1.86. The summed E-state index contributed by atoms with van der Waals surface area (Å²) in [4.78, 5) is 22.4. The molecular formula is C25H35N5O3. The average molecular weight is 454 g/mol. The van der Waals surface area contributed by atoms with Crippen LogP contribution in [0.15, 0.2) is 9.05 Å². The third-order valence-corrected chi connectivity index (χ3v) is 8.71. The molecular weight excluding hydrogens is 418 g/mol. The minimum atomic E-state index is 0.317. The first-order valence-corrected chi connectivity index (χ1v) is 12.7. The van der Waals surface area contributed by atoms with Gasteiger partial charge in [-0.3, -0.25) is 9.69 Å². The summed E-state index contributed by atoms with van der Waals surface area (Å²) in [5.74, 6) is 4.89. The van der Waals surface area contributed by atoms with Crippen LogP contribution in [0.3, 0.4) is 0 Å². The smallest absolute Gasteiger partial charge is 0.263 e. The molecule has 8 nitrogen and oxygen atoms in total. The molecule has 7 rings (SSSR count). The second-order valence-electron chi connectivity index (χ2n) is 11.3. The fourth-order valence-electron chi connectivity index (χ4n) is 7.73. The topological polar surface area (TPSA) is 88.5 Å². The van der Waals surface area contributed by atoms with E-state index in [0.717, 1.165) is 68.0 Å². The molecule has 0 radical (unpaired) electrons. The Hall–Kier alpha value is -2.22. The van der Waals surface area contributed by atoms with Gasteiger partial charge in [0, 0.05) is 32.6 Å². The van der Waals surface area contributed by atoms with Gasteiger partial charge in [0.05, 0.1) is 12.2 Å². The van der Waals surface area contributed by atoms with E-state index in [1.54, 1.807) is 0 Å². The van der Waals surface area contributed by atoms with Crippen LogP contribution < -0.4 is 0 Å². The highest BCUT2D eigenvalue weighted by molar-refractivity contribution is 5.77. The van der Waals surface area contributed by atoms with Crippen LogP contribution in [0.2, 0.25) is 0 Å². The van der Waals surface area contributed by atoms with Crippen molar-refractivity contribution in [2.75, 3.05) is 26.2 Å². The molecule has 0 unspecified atom stereocenters. The molecule has 8 heteroatoms. The molecule has 5 aliphatic rings. The van der Waals surface area contributed by atoms with Gasteiger partial charge < -0.3 is 13.9 Å². The number of amides is 1. The molecule has 1 saturated heterocycles. The summed E-state index contributed by atoms with van der Waals surface area (Å²) in [6.45, 7) is 7.79. The van der Waals surface area contributed by atoms with Crippen LogP contribution in [0.1, 0.15) is 68.6 Å². The summed E-state index contributed by atoms with van der Waals surface area (Å²) in [6.07, 6.45) is 9.96. The van der Waals surface area contributed by atoms with Gasteiger partial charge in [-0.1, -0.05) is 10.3 Å². The van der Waals surface area contributed by atoms with E-state index in [9.17, 15) is 4.79 Å². The van der Waals surface area contributed by atoms with Crippen molar-refractivity contribution < 1.29 is 13.8 Å². The monoisotopic (exact) mass is 453 g/mol. The van der Waals surface area contributed by atoms with Crippen molar-refractivity contribution in [3.63, 3.8) is 0 Å². The molecule has 5 fully saturated rings. The van der Waals surface area contributed by atoms with Gasteiger partial charge in [-0.05, 0) is 82.0 Å². The Bertz CT molecular complexity index is 972. The van der Waals surface area contributed by atoms with E-state index in [2.05, 4.69) is 25.1 Å². The van der Waals surface area contributed by atoms with Gasteiger partial charge in [0.1, 0.15) is 11.3 Å². The molecule has 33 heavy (non-hydrogen) atoms. The number of aryl methyl sites for hydroxylation is 2. The van der Waals surface area contributed by atoms with Crippen molar-refractivity contribution in [2.24, 2.45) is 23.2 Å². The Morgan fingerprint density at radius 1 is 0.970 bits per heavy atom. The molecule has 0 aromatic carbocycles. The van der Waals surface area contributed by atoms with Crippen LogP contribution in [0.5, 0.6) is 0 Å². The Morgan fingerprint density at radius 2 is 1.70 bits per heavy atom. The SMILES string of the molecule is Cc1noc(C)c1-c1nc(CN2CCCN(C(=O)CC34CC5CC(CC(C5)C3)C4)CC2)no1. The highest BCUT2D eigenvalue weighted by Gasteiger charge is 2.51. The van der Waals surface area contributed by atoms with Crippen LogP contribution in [-0.2, 0) is 11.3 Å². The molecule has 1 aliphatic heterocycles. The third-order valence-electron chi connectivity index (χ3n) is 8.71. The van der Waals surface area contributed by atoms with Crippen LogP contribution in [-0.4, -0.2) is 57.2 Å². The van der Waals surface area contributed by atoms with Crippen LogP contribution in [0.25, 0.3) is 11.5 Å². The van der Waals surface area contributed by atoms with E-state index in [1.165, 1.54) is 38.5 Å². The lowest BCUT2D eigenvalue weighted by atomic mass is 9.49. The molecule has 4 bridgehead atoms. The molecule has 0 atom stereocenters. The highest BCUT2D eigenvalue weighted by atomic mass is 16.5. The first kappa shape index (κ1) is 21.3. The minimum absolute atomic E-state index is 0.317. The zero-order valence-electron chi connectivity index (χ0n) is 19.9. The number of hydrogen-bond donors (Lipinski definition) is 0. The normalized spacial score (nSPS) is 31.8. The molecule has 3 heterocycles. The summed E-state index contributed by atoms with van der Waals surface area (Å²) >= 11 is 0. The molecule has 178 valence electrons. The maximum atomic E-state index is 13.4. The number of nitrogens with zero attached hydrogens (tertiary/aromatic N) is 5. The first-order valence-electron chi connectivity index (χ1n) is 12.7. The lowest BCUT2D eigenvalue weighted by Crippen LogP contribution is -2.48. The highest BCUT2D eigenvalue weighted by Crippen LogP contribution is 2.61. The third kappa shape index (κ3) is 4.11. The molecule has 0 N–H and O–H groups in total. The maximum absolute atomic E-state index is 13.4. The molecule has 1 amide bonds. The summed E-state index contributed by atoms with van der Waals surface area (Å²) in [5, 5.41) is 8.15. The second kappa shape index (κ2) is 8.22.